The van der Waals surface area contributed by atoms with Crippen molar-refractivity contribution in [1.29, 1.82) is 0 Å². The highest BCUT2D eigenvalue weighted by Gasteiger charge is 2.28. The maximum absolute atomic E-state index is 13.0. The molecule has 0 spiro atoms. The molecule has 1 fully saturated rings. The number of aromatic nitrogens is 1. The fourth-order valence-electron chi connectivity index (χ4n) is 3.67. The van der Waals surface area contributed by atoms with Crippen LogP contribution in [-0.2, 0) is 0 Å². The molecular formula is C21H18N2OS2. The number of thiophene rings is 1. The molecule has 0 radical (unpaired) electrons. The smallest absolute Gasteiger partial charge is 0.263 e. The minimum Gasteiger partial charge on any atom is -0.337 e. The van der Waals surface area contributed by atoms with Crippen LogP contribution in [0.15, 0.2) is 54.6 Å². The van der Waals surface area contributed by atoms with E-state index in [1.807, 2.05) is 29.2 Å². The van der Waals surface area contributed by atoms with Gasteiger partial charge < -0.3 is 4.90 Å². The fourth-order valence-corrected chi connectivity index (χ4v) is 5.79. The fraction of sp³-hybridized carbons (Fsp3) is 0.238. The Morgan fingerprint density at radius 1 is 1.04 bits per heavy atom. The van der Waals surface area contributed by atoms with Crippen LogP contribution in [0.25, 0.3) is 20.3 Å². The molecule has 0 aliphatic carbocycles. The highest BCUT2D eigenvalue weighted by molar-refractivity contribution is 7.20. The summed E-state index contributed by atoms with van der Waals surface area (Å²) in [6.45, 7) is 1.61. The third-order valence-electron chi connectivity index (χ3n) is 5.00. The molecule has 2 aromatic heterocycles. The highest BCUT2D eigenvalue weighted by atomic mass is 32.1. The van der Waals surface area contributed by atoms with Gasteiger partial charge in [0.2, 0.25) is 0 Å². The quantitative estimate of drug-likeness (QED) is 0.459. The Hall–Kier alpha value is -2.24. The van der Waals surface area contributed by atoms with Crippen LogP contribution >= 0.6 is 22.7 Å². The number of nitrogens with zero attached hydrogens (tertiary/aromatic N) is 2. The first-order chi connectivity index (χ1) is 12.8. The third-order valence-corrected chi connectivity index (χ3v) is 7.31. The van der Waals surface area contributed by atoms with Gasteiger partial charge in [-0.1, -0.05) is 30.3 Å². The Kier molecular flexibility index (Phi) is 3.98. The number of thiazole rings is 1. The first-order valence-corrected chi connectivity index (χ1v) is 10.5. The predicted molar refractivity (Wildman–Crippen MR) is 109 cm³/mol. The van der Waals surface area contributed by atoms with Gasteiger partial charge in [0.25, 0.3) is 5.91 Å². The molecule has 0 unspecified atom stereocenters. The molecule has 2 aromatic carbocycles. The molecule has 5 heteroatoms. The van der Waals surface area contributed by atoms with Crippen molar-refractivity contribution in [1.82, 2.24) is 9.88 Å². The van der Waals surface area contributed by atoms with Crippen molar-refractivity contribution in [3.8, 4) is 0 Å². The number of benzene rings is 2. The molecular weight excluding hydrogens is 360 g/mol. The lowest BCUT2D eigenvalue weighted by atomic mass is 9.98. The van der Waals surface area contributed by atoms with E-state index in [4.69, 9.17) is 4.98 Å². The normalized spacial score (nSPS) is 17.8. The molecule has 1 aliphatic heterocycles. The first kappa shape index (κ1) is 16.0. The zero-order valence-electron chi connectivity index (χ0n) is 14.2. The second kappa shape index (κ2) is 6.49. The predicted octanol–water partition coefficient (Wildman–Crippen LogP) is 5.53. The van der Waals surface area contributed by atoms with E-state index in [1.165, 1.54) is 14.4 Å². The third kappa shape index (κ3) is 2.81. The largest absolute Gasteiger partial charge is 0.337 e. The van der Waals surface area contributed by atoms with Crippen LogP contribution in [0.1, 0.15) is 33.4 Å². The molecule has 0 N–H and O–H groups in total. The number of piperidine rings is 1. The molecule has 1 aliphatic rings. The van der Waals surface area contributed by atoms with E-state index in [-0.39, 0.29) is 5.91 Å². The van der Waals surface area contributed by atoms with E-state index >= 15 is 0 Å². The van der Waals surface area contributed by atoms with Crippen LogP contribution in [0.2, 0.25) is 0 Å². The van der Waals surface area contributed by atoms with E-state index < -0.39 is 0 Å². The Balaban J connectivity index is 1.40. The number of fused-ring (bicyclic) bond motifs is 2. The summed E-state index contributed by atoms with van der Waals surface area (Å²) in [5, 5.41) is 2.32. The molecule has 26 heavy (non-hydrogen) atoms. The number of hydrogen-bond acceptors (Lipinski definition) is 4. The summed E-state index contributed by atoms with van der Waals surface area (Å²) in [5.74, 6) is 0.511. The zero-order valence-corrected chi connectivity index (χ0v) is 15.9. The van der Waals surface area contributed by atoms with Gasteiger partial charge in [0.15, 0.2) is 0 Å². The Labute approximate surface area is 159 Å². The van der Waals surface area contributed by atoms with Gasteiger partial charge in [-0.3, -0.25) is 4.79 Å². The number of carbonyl (C=O) groups is 1. The van der Waals surface area contributed by atoms with Gasteiger partial charge >= 0.3 is 0 Å². The van der Waals surface area contributed by atoms with Gasteiger partial charge in [-0.15, -0.1) is 22.7 Å². The lowest BCUT2D eigenvalue weighted by molar-refractivity contribution is 0.0712. The summed E-state index contributed by atoms with van der Waals surface area (Å²) in [7, 11) is 0. The van der Waals surface area contributed by atoms with Crippen molar-refractivity contribution in [3.63, 3.8) is 0 Å². The minimum absolute atomic E-state index is 0.164. The summed E-state index contributed by atoms with van der Waals surface area (Å²) in [4.78, 5) is 20.7. The number of hydrogen-bond donors (Lipinski definition) is 0. The van der Waals surface area contributed by atoms with E-state index in [1.54, 1.807) is 22.7 Å². The molecule has 1 atom stereocenters. The summed E-state index contributed by atoms with van der Waals surface area (Å²) in [6.07, 6.45) is 2.15. The lowest BCUT2D eigenvalue weighted by Gasteiger charge is -2.31. The van der Waals surface area contributed by atoms with Crippen LogP contribution < -0.4 is 0 Å². The van der Waals surface area contributed by atoms with E-state index in [9.17, 15) is 4.79 Å². The summed E-state index contributed by atoms with van der Waals surface area (Å²) < 4.78 is 2.41. The van der Waals surface area contributed by atoms with E-state index in [2.05, 4.69) is 30.3 Å². The maximum atomic E-state index is 13.0. The van der Waals surface area contributed by atoms with Crippen LogP contribution in [0.5, 0.6) is 0 Å². The van der Waals surface area contributed by atoms with Gasteiger partial charge in [0, 0.05) is 23.7 Å². The second-order valence-corrected chi connectivity index (χ2v) is 8.90. The van der Waals surface area contributed by atoms with Crippen molar-refractivity contribution in [2.45, 2.75) is 18.8 Å². The molecule has 4 aromatic rings. The van der Waals surface area contributed by atoms with Gasteiger partial charge in [-0.2, -0.15) is 0 Å². The number of carbonyl (C=O) groups excluding carboxylic acids is 1. The standard InChI is InChI=1S/C21H18N2OS2/c24-21(19-12-14-6-1-3-9-17(14)25-19)23-11-5-7-15(13-23)20-22-16-8-2-4-10-18(16)26-20/h1-4,6,8-10,12,15H,5,7,11,13H2/t15-/m1/s1. The molecule has 130 valence electrons. The Morgan fingerprint density at radius 2 is 1.85 bits per heavy atom. The molecule has 3 nitrogen and oxygen atoms in total. The molecule has 0 bridgehead atoms. The highest BCUT2D eigenvalue weighted by Crippen LogP contribution is 2.34. The second-order valence-electron chi connectivity index (χ2n) is 6.76. The van der Waals surface area contributed by atoms with E-state index in [0.717, 1.165) is 41.7 Å². The average Bonchev–Trinajstić information content (AvgIpc) is 3.31. The monoisotopic (exact) mass is 378 g/mol. The molecule has 5 rings (SSSR count). The SMILES string of the molecule is O=C(c1cc2ccccc2s1)N1CCC[C@@H](c2nc3ccccc3s2)C1. The zero-order chi connectivity index (χ0) is 17.5. The van der Waals surface area contributed by atoms with Gasteiger partial charge in [-0.25, -0.2) is 4.98 Å². The summed E-state index contributed by atoms with van der Waals surface area (Å²) in [6, 6.07) is 18.5. The van der Waals surface area contributed by atoms with Crippen LogP contribution in [0.4, 0.5) is 0 Å². The van der Waals surface area contributed by atoms with Crippen molar-refractivity contribution < 1.29 is 4.79 Å². The Morgan fingerprint density at radius 3 is 2.69 bits per heavy atom. The number of para-hydroxylation sites is 1. The van der Waals surface area contributed by atoms with Gasteiger partial charge in [0.1, 0.15) is 0 Å². The number of rotatable bonds is 2. The number of likely N-dealkylation sites (tertiary alicyclic amines) is 1. The van der Waals surface area contributed by atoms with Crippen LogP contribution in [0, 0.1) is 0 Å². The minimum atomic E-state index is 0.164. The maximum Gasteiger partial charge on any atom is 0.263 e. The van der Waals surface area contributed by atoms with Crippen molar-refractivity contribution in [2.75, 3.05) is 13.1 Å². The average molecular weight is 379 g/mol. The van der Waals surface area contributed by atoms with E-state index in [0.29, 0.717) is 5.92 Å². The van der Waals surface area contributed by atoms with Crippen molar-refractivity contribution >= 4 is 48.9 Å². The van der Waals surface area contributed by atoms with Crippen LogP contribution in [-0.4, -0.2) is 28.9 Å². The first-order valence-electron chi connectivity index (χ1n) is 8.91. The van der Waals surface area contributed by atoms with Gasteiger partial charge in [0.05, 0.1) is 20.1 Å². The van der Waals surface area contributed by atoms with Crippen LogP contribution in [0.3, 0.4) is 0 Å². The van der Waals surface area contributed by atoms with Crippen molar-refractivity contribution in [2.24, 2.45) is 0 Å². The van der Waals surface area contributed by atoms with Gasteiger partial charge in [-0.05, 0) is 42.5 Å². The Bertz CT molecular complexity index is 1030. The lowest BCUT2D eigenvalue weighted by Crippen LogP contribution is -2.38. The number of amides is 1. The summed E-state index contributed by atoms with van der Waals surface area (Å²) >= 11 is 3.37. The topological polar surface area (TPSA) is 33.2 Å². The molecule has 1 amide bonds. The summed E-state index contributed by atoms with van der Waals surface area (Å²) in [5.41, 5.74) is 1.07. The molecule has 3 heterocycles. The van der Waals surface area contributed by atoms with Crippen molar-refractivity contribution in [3.05, 3.63) is 64.5 Å². The molecule has 1 saturated heterocycles. The molecule has 0 saturated carbocycles.